The van der Waals surface area contributed by atoms with Gasteiger partial charge in [0, 0.05) is 0 Å². The van der Waals surface area contributed by atoms with E-state index in [2.05, 4.69) is 38.1 Å². The van der Waals surface area contributed by atoms with Crippen molar-refractivity contribution in [1.82, 2.24) is 0 Å². The molecule has 0 unspecified atom stereocenters. The summed E-state index contributed by atoms with van der Waals surface area (Å²) in [6, 6.07) is 10.5. The fourth-order valence-corrected chi connectivity index (χ4v) is 1.29. The van der Waals surface area contributed by atoms with Crippen LogP contribution in [0, 0.1) is 5.92 Å². The Morgan fingerprint density at radius 2 is 1.75 bits per heavy atom. The van der Waals surface area contributed by atoms with Crippen LogP contribution in [0.1, 0.15) is 25.3 Å². The van der Waals surface area contributed by atoms with Gasteiger partial charge in [-0.3, -0.25) is 0 Å². The summed E-state index contributed by atoms with van der Waals surface area (Å²) in [5.74, 6) is 1.13. The van der Waals surface area contributed by atoms with Crippen molar-refractivity contribution in [3.63, 3.8) is 0 Å². The molecule has 1 heteroatoms. The minimum Gasteiger partial charge on any atom is -0.330 e. The van der Waals surface area contributed by atoms with Gasteiger partial charge in [-0.25, -0.2) is 0 Å². The third-order valence-electron chi connectivity index (χ3n) is 2.55. The van der Waals surface area contributed by atoms with E-state index in [9.17, 15) is 0 Å². The highest BCUT2D eigenvalue weighted by Gasteiger charge is 2.11. The topological polar surface area (TPSA) is 26.0 Å². The molecule has 0 radical (unpaired) electrons. The Morgan fingerprint density at radius 3 is 2.25 bits per heavy atom. The lowest BCUT2D eigenvalue weighted by Gasteiger charge is -2.18. The molecule has 0 heterocycles. The average molecular weight is 163 g/mol. The van der Waals surface area contributed by atoms with Crippen LogP contribution in [0.3, 0.4) is 0 Å². The van der Waals surface area contributed by atoms with Crippen molar-refractivity contribution in [2.75, 3.05) is 6.54 Å². The lowest BCUT2D eigenvalue weighted by atomic mass is 9.89. The maximum absolute atomic E-state index is 5.61. The molecular formula is C11H17N. The smallest absolute Gasteiger partial charge is 0.00458 e. The molecule has 0 fully saturated rings. The Hall–Kier alpha value is -0.820. The van der Waals surface area contributed by atoms with Crippen LogP contribution < -0.4 is 5.73 Å². The number of benzene rings is 1. The van der Waals surface area contributed by atoms with E-state index in [4.69, 9.17) is 5.73 Å². The molecule has 0 aliphatic carbocycles. The molecule has 0 aromatic heterocycles. The Labute approximate surface area is 74.6 Å². The van der Waals surface area contributed by atoms with Crippen LogP contribution in [0.2, 0.25) is 0 Å². The lowest BCUT2D eigenvalue weighted by molar-refractivity contribution is 0.499. The van der Waals surface area contributed by atoms with Gasteiger partial charge >= 0.3 is 0 Å². The van der Waals surface area contributed by atoms with E-state index in [-0.39, 0.29) is 0 Å². The van der Waals surface area contributed by atoms with Gasteiger partial charge in [0.25, 0.3) is 0 Å². The standard InChI is InChI=1S/C11H17N/c1-9(8-12)10(2)11-6-4-3-5-7-11/h3-7,9-10H,8,12H2,1-2H3/t9-,10-/m0/s1. The second kappa shape index (κ2) is 4.27. The largest absolute Gasteiger partial charge is 0.330 e. The number of hydrogen-bond acceptors (Lipinski definition) is 1. The zero-order valence-corrected chi connectivity index (χ0v) is 7.83. The summed E-state index contributed by atoms with van der Waals surface area (Å²) in [4.78, 5) is 0. The lowest BCUT2D eigenvalue weighted by Crippen LogP contribution is -2.16. The van der Waals surface area contributed by atoms with E-state index in [1.54, 1.807) is 0 Å². The SMILES string of the molecule is C[C@H](c1ccccc1)[C@@H](C)CN. The Morgan fingerprint density at radius 1 is 1.17 bits per heavy atom. The average Bonchev–Trinajstić information content (AvgIpc) is 2.17. The van der Waals surface area contributed by atoms with Crippen LogP contribution in [-0.4, -0.2) is 6.54 Å². The zero-order valence-electron chi connectivity index (χ0n) is 7.83. The van der Waals surface area contributed by atoms with Crippen molar-refractivity contribution in [3.05, 3.63) is 35.9 Å². The van der Waals surface area contributed by atoms with E-state index >= 15 is 0 Å². The maximum Gasteiger partial charge on any atom is -0.00458 e. The molecule has 0 saturated heterocycles. The predicted octanol–water partition coefficient (Wildman–Crippen LogP) is 2.38. The summed E-state index contributed by atoms with van der Waals surface area (Å²) in [6.45, 7) is 5.18. The quantitative estimate of drug-likeness (QED) is 0.727. The molecule has 66 valence electrons. The normalized spacial score (nSPS) is 15.6. The predicted molar refractivity (Wildman–Crippen MR) is 53.1 cm³/mol. The van der Waals surface area contributed by atoms with Crippen LogP contribution >= 0.6 is 0 Å². The molecule has 0 spiro atoms. The van der Waals surface area contributed by atoms with Gasteiger partial charge in [0.1, 0.15) is 0 Å². The summed E-state index contributed by atoms with van der Waals surface area (Å²) in [5, 5.41) is 0. The fourth-order valence-electron chi connectivity index (χ4n) is 1.29. The van der Waals surface area contributed by atoms with Gasteiger partial charge in [-0.2, -0.15) is 0 Å². The van der Waals surface area contributed by atoms with E-state index in [0.29, 0.717) is 11.8 Å². The van der Waals surface area contributed by atoms with Gasteiger partial charge in [0.2, 0.25) is 0 Å². The van der Waals surface area contributed by atoms with Gasteiger partial charge in [-0.15, -0.1) is 0 Å². The second-order valence-corrected chi connectivity index (χ2v) is 3.41. The van der Waals surface area contributed by atoms with E-state index < -0.39 is 0 Å². The summed E-state index contributed by atoms with van der Waals surface area (Å²) in [5.41, 5.74) is 6.99. The zero-order chi connectivity index (χ0) is 8.97. The van der Waals surface area contributed by atoms with E-state index in [0.717, 1.165) is 6.54 Å². The molecular weight excluding hydrogens is 146 g/mol. The number of nitrogens with two attached hydrogens (primary N) is 1. The molecule has 1 aromatic rings. The Kier molecular flexibility index (Phi) is 3.30. The van der Waals surface area contributed by atoms with Crippen LogP contribution in [0.25, 0.3) is 0 Å². The van der Waals surface area contributed by atoms with Crippen molar-refractivity contribution < 1.29 is 0 Å². The van der Waals surface area contributed by atoms with Gasteiger partial charge in [-0.1, -0.05) is 44.2 Å². The minimum absolute atomic E-state index is 0.562. The number of rotatable bonds is 3. The van der Waals surface area contributed by atoms with Crippen molar-refractivity contribution in [2.24, 2.45) is 11.7 Å². The molecule has 1 rings (SSSR count). The molecule has 0 amide bonds. The first-order chi connectivity index (χ1) is 5.75. The Bertz CT molecular complexity index is 218. The maximum atomic E-state index is 5.61. The van der Waals surface area contributed by atoms with Crippen LogP contribution in [0.5, 0.6) is 0 Å². The monoisotopic (exact) mass is 163 g/mol. The molecule has 2 N–H and O–H groups in total. The molecule has 0 aliphatic rings. The van der Waals surface area contributed by atoms with Gasteiger partial charge in [0.05, 0.1) is 0 Å². The third-order valence-corrected chi connectivity index (χ3v) is 2.55. The highest BCUT2D eigenvalue weighted by atomic mass is 14.5. The van der Waals surface area contributed by atoms with Crippen molar-refractivity contribution in [3.8, 4) is 0 Å². The summed E-state index contributed by atoms with van der Waals surface area (Å²) in [6.07, 6.45) is 0. The van der Waals surface area contributed by atoms with Crippen molar-refractivity contribution in [1.29, 1.82) is 0 Å². The van der Waals surface area contributed by atoms with Crippen molar-refractivity contribution in [2.45, 2.75) is 19.8 Å². The molecule has 1 aromatic carbocycles. The molecule has 2 atom stereocenters. The number of hydrogen-bond donors (Lipinski definition) is 1. The first-order valence-electron chi connectivity index (χ1n) is 4.50. The minimum atomic E-state index is 0.562. The highest BCUT2D eigenvalue weighted by Crippen LogP contribution is 2.22. The first-order valence-corrected chi connectivity index (χ1v) is 4.50. The fraction of sp³-hybridized carbons (Fsp3) is 0.455. The van der Waals surface area contributed by atoms with Gasteiger partial charge in [-0.05, 0) is 23.9 Å². The van der Waals surface area contributed by atoms with Gasteiger partial charge < -0.3 is 5.73 Å². The van der Waals surface area contributed by atoms with E-state index in [1.165, 1.54) is 5.56 Å². The molecule has 1 nitrogen and oxygen atoms in total. The van der Waals surface area contributed by atoms with Gasteiger partial charge in [0.15, 0.2) is 0 Å². The van der Waals surface area contributed by atoms with Crippen LogP contribution in [-0.2, 0) is 0 Å². The molecule has 12 heavy (non-hydrogen) atoms. The van der Waals surface area contributed by atoms with Crippen molar-refractivity contribution >= 4 is 0 Å². The molecule has 0 aliphatic heterocycles. The second-order valence-electron chi connectivity index (χ2n) is 3.41. The summed E-state index contributed by atoms with van der Waals surface area (Å²) in [7, 11) is 0. The molecule has 0 saturated carbocycles. The Balaban J connectivity index is 2.71. The first kappa shape index (κ1) is 9.27. The molecule has 0 bridgehead atoms. The summed E-state index contributed by atoms with van der Waals surface area (Å²) >= 11 is 0. The third kappa shape index (κ3) is 2.08. The van der Waals surface area contributed by atoms with E-state index in [1.807, 2.05) is 6.07 Å². The van der Waals surface area contributed by atoms with Crippen LogP contribution in [0.15, 0.2) is 30.3 Å². The summed E-state index contributed by atoms with van der Waals surface area (Å²) < 4.78 is 0. The van der Waals surface area contributed by atoms with Crippen LogP contribution in [0.4, 0.5) is 0 Å². The highest BCUT2D eigenvalue weighted by molar-refractivity contribution is 5.19.